The molecule has 0 saturated heterocycles. The smallest absolute Gasteiger partial charge is 0.251 e. The van der Waals surface area contributed by atoms with E-state index in [1.807, 2.05) is 6.92 Å². The van der Waals surface area contributed by atoms with Crippen LogP contribution in [0.15, 0.2) is 18.2 Å². The fourth-order valence-electron chi connectivity index (χ4n) is 1.79. The van der Waals surface area contributed by atoms with Gasteiger partial charge in [0.15, 0.2) is 0 Å². The summed E-state index contributed by atoms with van der Waals surface area (Å²) in [6.45, 7) is 2.05. The van der Waals surface area contributed by atoms with Gasteiger partial charge in [0, 0.05) is 24.2 Å². The van der Waals surface area contributed by atoms with E-state index in [0.717, 1.165) is 5.56 Å². The van der Waals surface area contributed by atoms with Gasteiger partial charge in [-0.1, -0.05) is 6.92 Å². The van der Waals surface area contributed by atoms with E-state index in [-0.39, 0.29) is 38.1 Å². The van der Waals surface area contributed by atoms with E-state index in [2.05, 4.69) is 10.6 Å². The quantitative estimate of drug-likeness (QED) is 0.551. The molecule has 0 radical (unpaired) electrons. The first-order valence-electron chi connectivity index (χ1n) is 6.55. The van der Waals surface area contributed by atoms with Crippen molar-refractivity contribution in [3.05, 3.63) is 34.9 Å². The van der Waals surface area contributed by atoms with Gasteiger partial charge in [-0.3, -0.25) is 9.59 Å². The molecule has 1 aromatic carbocycles. The highest BCUT2D eigenvalue weighted by Crippen LogP contribution is 2.13. The third-order valence-corrected chi connectivity index (χ3v) is 2.79. The summed E-state index contributed by atoms with van der Waals surface area (Å²) in [5.74, 6) is -0.547. The molecule has 4 N–H and O–H groups in total. The second kappa shape index (κ2) is 8.29. The zero-order valence-electron chi connectivity index (χ0n) is 11.5. The molecule has 0 aliphatic rings. The number of aryl methyl sites for hydroxylation is 1. The summed E-state index contributed by atoms with van der Waals surface area (Å²) in [7, 11) is 0. The van der Waals surface area contributed by atoms with Crippen molar-refractivity contribution in [1.82, 2.24) is 10.6 Å². The molecule has 0 aliphatic heterocycles. The number of hydrogen-bond acceptors (Lipinski definition) is 4. The molecule has 0 aromatic heterocycles. The van der Waals surface area contributed by atoms with Crippen LogP contribution in [-0.2, 0) is 6.42 Å². The molecule has 2 amide bonds. The largest absolute Gasteiger partial charge is 0.395 e. The highest BCUT2D eigenvalue weighted by atomic mass is 16.3. The first-order valence-corrected chi connectivity index (χ1v) is 6.55. The summed E-state index contributed by atoms with van der Waals surface area (Å²) >= 11 is 0. The molecule has 0 bridgehead atoms. The third kappa shape index (κ3) is 4.32. The molecule has 20 heavy (non-hydrogen) atoms. The van der Waals surface area contributed by atoms with Crippen LogP contribution < -0.4 is 10.6 Å². The second-order valence-corrected chi connectivity index (χ2v) is 4.18. The van der Waals surface area contributed by atoms with Crippen molar-refractivity contribution in [2.75, 3.05) is 26.3 Å². The van der Waals surface area contributed by atoms with Gasteiger partial charge >= 0.3 is 0 Å². The molecule has 0 atom stereocenters. The van der Waals surface area contributed by atoms with Crippen LogP contribution in [-0.4, -0.2) is 48.3 Å². The fourth-order valence-corrected chi connectivity index (χ4v) is 1.79. The minimum Gasteiger partial charge on any atom is -0.395 e. The molecular weight excluding hydrogens is 260 g/mol. The minimum absolute atomic E-state index is 0.116. The van der Waals surface area contributed by atoms with Crippen LogP contribution >= 0.6 is 0 Å². The third-order valence-electron chi connectivity index (χ3n) is 2.79. The average Bonchev–Trinajstić information content (AvgIpc) is 2.49. The maximum Gasteiger partial charge on any atom is 0.251 e. The van der Waals surface area contributed by atoms with Gasteiger partial charge in [-0.05, 0) is 30.2 Å². The van der Waals surface area contributed by atoms with Crippen LogP contribution in [0.1, 0.15) is 33.2 Å². The molecule has 0 heterocycles. The molecule has 6 heteroatoms. The number of benzene rings is 1. The van der Waals surface area contributed by atoms with Crippen LogP contribution in [0.4, 0.5) is 0 Å². The van der Waals surface area contributed by atoms with Crippen molar-refractivity contribution < 1.29 is 19.8 Å². The Hall–Kier alpha value is -1.92. The second-order valence-electron chi connectivity index (χ2n) is 4.18. The van der Waals surface area contributed by atoms with E-state index in [1.54, 1.807) is 18.2 Å². The SMILES string of the molecule is CCc1cc(C(=O)NCCO)ccc1C(=O)NCCO. The predicted octanol–water partition coefficient (Wildman–Crippen LogP) is -0.307. The van der Waals surface area contributed by atoms with Crippen molar-refractivity contribution in [2.45, 2.75) is 13.3 Å². The molecule has 0 unspecified atom stereocenters. The number of aliphatic hydroxyl groups is 2. The van der Waals surface area contributed by atoms with Crippen LogP contribution in [0.25, 0.3) is 0 Å². The Morgan fingerprint density at radius 1 is 1.05 bits per heavy atom. The van der Waals surface area contributed by atoms with Crippen LogP contribution in [0.5, 0.6) is 0 Å². The lowest BCUT2D eigenvalue weighted by Crippen LogP contribution is -2.28. The van der Waals surface area contributed by atoms with Crippen LogP contribution in [0.3, 0.4) is 0 Å². The number of rotatable bonds is 7. The summed E-state index contributed by atoms with van der Waals surface area (Å²) in [5.41, 5.74) is 1.71. The highest BCUT2D eigenvalue weighted by molar-refractivity contribution is 5.99. The van der Waals surface area contributed by atoms with Gasteiger partial charge in [0.1, 0.15) is 0 Å². The average molecular weight is 280 g/mol. The monoisotopic (exact) mass is 280 g/mol. The van der Waals surface area contributed by atoms with E-state index in [9.17, 15) is 9.59 Å². The number of hydrogen-bond donors (Lipinski definition) is 4. The number of nitrogens with one attached hydrogen (secondary N) is 2. The molecule has 0 spiro atoms. The van der Waals surface area contributed by atoms with E-state index >= 15 is 0 Å². The van der Waals surface area contributed by atoms with Crippen molar-refractivity contribution in [2.24, 2.45) is 0 Å². The standard InChI is InChI=1S/C14H20N2O4/c1-2-10-9-11(13(19)15-5-7-17)3-4-12(10)14(20)16-6-8-18/h3-4,9,17-18H,2,5-8H2,1H3,(H,15,19)(H,16,20). The Labute approximate surface area is 117 Å². The Bertz CT molecular complexity index is 474. The van der Waals surface area contributed by atoms with Gasteiger partial charge in [-0.15, -0.1) is 0 Å². The summed E-state index contributed by atoms with van der Waals surface area (Å²) < 4.78 is 0. The molecule has 6 nitrogen and oxygen atoms in total. The Morgan fingerprint density at radius 3 is 2.20 bits per heavy atom. The molecule has 0 saturated carbocycles. The van der Waals surface area contributed by atoms with Gasteiger partial charge in [0.05, 0.1) is 13.2 Å². The van der Waals surface area contributed by atoms with E-state index in [0.29, 0.717) is 17.5 Å². The number of aliphatic hydroxyl groups excluding tert-OH is 2. The lowest BCUT2D eigenvalue weighted by molar-refractivity contribution is 0.0933. The Kier molecular flexibility index (Phi) is 6.69. The maximum atomic E-state index is 11.9. The Morgan fingerprint density at radius 2 is 1.65 bits per heavy atom. The van der Waals surface area contributed by atoms with Crippen LogP contribution in [0, 0.1) is 0 Å². The highest BCUT2D eigenvalue weighted by Gasteiger charge is 2.13. The zero-order valence-corrected chi connectivity index (χ0v) is 11.5. The molecule has 1 aromatic rings. The first-order chi connectivity index (χ1) is 9.63. The summed E-state index contributed by atoms with van der Waals surface area (Å²) in [5, 5.41) is 22.5. The topological polar surface area (TPSA) is 98.7 Å². The maximum absolute atomic E-state index is 11.9. The normalized spacial score (nSPS) is 10.2. The fraction of sp³-hybridized carbons (Fsp3) is 0.429. The molecular formula is C14H20N2O4. The van der Waals surface area contributed by atoms with Crippen molar-refractivity contribution >= 4 is 11.8 Å². The first kappa shape index (κ1) is 16.1. The van der Waals surface area contributed by atoms with Crippen molar-refractivity contribution in [3.8, 4) is 0 Å². The summed E-state index contributed by atoms with van der Waals surface area (Å²) in [6.07, 6.45) is 0.614. The number of amides is 2. The molecule has 0 fully saturated rings. The van der Waals surface area contributed by atoms with Gasteiger partial charge in [-0.25, -0.2) is 0 Å². The number of carbonyl (C=O) groups is 2. The molecule has 0 aliphatic carbocycles. The summed E-state index contributed by atoms with van der Waals surface area (Å²) in [4.78, 5) is 23.6. The van der Waals surface area contributed by atoms with Gasteiger partial charge in [0.2, 0.25) is 0 Å². The van der Waals surface area contributed by atoms with E-state index in [4.69, 9.17) is 10.2 Å². The van der Waals surface area contributed by atoms with Gasteiger partial charge in [0.25, 0.3) is 11.8 Å². The van der Waals surface area contributed by atoms with E-state index < -0.39 is 0 Å². The van der Waals surface area contributed by atoms with Gasteiger partial charge in [-0.2, -0.15) is 0 Å². The molecule has 110 valence electrons. The van der Waals surface area contributed by atoms with Crippen LogP contribution in [0.2, 0.25) is 0 Å². The predicted molar refractivity (Wildman–Crippen MR) is 74.7 cm³/mol. The van der Waals surface area contributed by atoms with E-state index in [1.165, 1.54) is 0 Å². The lowest BCUT2D eigenvalue weighted by Gasteiger charge is -2.10. The van der Waals surface area contributed by atoms with Crippen molar-refractivity contribution in [1.29, 1.82) is 0 Å². The Balaban J connectivity index is 2.90. The minimum atomic E-state index is -0.281. The number of carbonyl (C=O) groups excluding carboxylic acids is 2. The lowest BCUT2D eigenvalue weighted by atomic mass is 10.0. The summed E-state index contributed by atoms with van der Waals surface area (Å²) in [6, 6.07) is 4.83. The van der Waals surface area contributed by atoms with Crippen molar-refractivity contribution in [3.63, 3.8) is 0 Å². The molecule has 1 rings (SSSR count). The zero-order chi connectivity index (χ0) is 15.0. The van der Waals surface area contributed by atoms with Gasteiger partial charge < -0.3 is 20.8 Å².